The normalized spacial score (nSPS) is 14.1. The molecule has 1 fully saturated rings. The molecule has 0 radical (unpaired) electrons. The molecule has 9 heteroatoms. The van der Waals surface area contributed by atoms with Gasteiger partial charge in [0.25, 0.3) is 5.91 Å². The van der Waals surface area contributed by atoms with Crippen molar-refractivity contribution in [1.82, 2.24) is 14.9 Å². The minimum absolute atomic E-state index is 0.179. The van der Waals surface area contributed by atoms with E-state index in [1.807, 2.05) is 18.2 Å². The summed E-state index contributed by atoms with van der Waals surface area (Å²) < 4.78 is 10.9. The van der Waals surface area contributed by atoms with Crippen molar-refractivity contribution >= 4 is 28.2 Å². The largest absolute Gasteiger partial charge is 0.463 e. The van der Waals surface area contributed by atoms with Crippen molar-refractivity contribution in [2.24, 2.45) is 0 Å². The Labute approximate surface area is 200 Å². The van der Waals surface area contributed by atoms with Gasteiger partial charge in [0.15, 0.2) is 10.9 Å². The summed E-state index contributed by atoms with van der Waals surface area (Å²) in [4.78, 5) is 37.7. The molecule has 1 N–H and O–H groups in total. The number of benzene rings is 1. The first kappa shape index (κ1) is 22.1. The Kier molecular flexibility index (Phi) is 6.57. The number of morpholine rings is 1. The third kappa shape index (κ3) is 4.96. The Bertz CT molecular complexity index is 1280. The van der Waals surface area contributed by atoms with E-state index in [-0.39, 0.29) is 11.7 Å². The van der Waals surface area contributed by atoms with Gasteiger partial charge in [-0.25, -0.2) is 4.98 Å². The number of thiazole rings is 1. The van der Waals surface area contributed by atoms with Crippen LogP contribution in [0.3, 0.4) is 0 Å². The highest BCUT2D eigenvalue weighted by atomic mass is 32.1. The van der Waals surface area contributed by atoms with Gasteiger partial charge >= 0.3 is 0 Å². The summed E-state index contributed by atoms with van der Waals surface area (Å²) in [6.45, 7) is 3.73. The van der Waals surface area contributed by atoms with Crippen molar-refractivity contribution in [2.75, 3.05) is 31.6 Å². The second-order valence-electron chi connectivity index (χ2n) is 7.75. The van der Waals surface area contributed by atoms with Crippen LogP contribution in [0.4, 0.5) is 5.13 Å². The first-order chi connectivity index (χ1) is 16.7. The lowest BCUT2D eigenvalue weighted by molar-refractivity contribution is 0.0336. The van der Waals surface area contributed by atoms with Crippen LogP contribution in [0.2, 0.25) is 0 Å². The maximum atomic E-state index is 13.2. The third-order valence-corrected chi connectivity index (χ3v) is 6.38. The molecule has 5 rings (SSSR count). The van der Waals surface area contributed by atoms with Crippen molar-refractivity contribution in [3.63, 3.8) is 0 Å². The van der Waals surface area contributed by atoms with Crippen LogP contribution in [-0.2, 0) is 11.3 Å². The molecule has 0 saturated carbocycles. The third-order valence-electron chi connectivity index (χ3n) is 5.41. The Morgan fingerprint density at radius 1 is 1.03 bits per heavy atom. The van der Waals surface area contributed by atoms with Crippen LogP contribution in [0.25, 0.3) is 11.5 Å². The number of aromatic nitrogens is 2. The fourth-order valence-electron chi connectivity index (χ4n) is 3.69. The molecule has 0 aliphatic carbocycles. The predicted molar refractivity (Wildman–Crippen MR) is 128 cm³/mol. The number of rotatable bonds is 7. The van der Waals surface area contributed by atoms with Crippen LogP contribution < -0.4 is 5.32 Å². The fraction of sp³-hybridized carbons (Fsp3) is 0.200. The van der Waals surface area contributed by atoms with Gasteiger partial charge in [-0.2, -0.15) is 0 Å². The summed E-state index contributed by atoms with van der Waals surface area (Å²) in [5.41, 5.74) is 2.23. The van der Waals surface area contributed by atoms with Crippen LogP contribution in [0.1, 0.15) is 31.3 Å². The molecular formula is C25H22N4O4S. The Morgan fingerprint density at radius 2 is 1.85 bits per heavy atom. The quantitative estimate of drug-likeness (QED) is 0.403. The van der Waals surface area contributed by atoms with Crippen molar-refractivity contribution in [1.29, 1.82) is 0 Å². The average molecular weight is 475 g/mol. The lowest BCUT2D eigenvalue weighted by Crippen LogP contribution is -2.35. The lowest BCUT2D eigenvalue weighted by Gasteiger charge is -2.26. The van der Waals surface area contributed by atoms with Crippen LogP contribution in [0.15, 0.2) is 71.5 Å². The predicted octanol–water partition coefficient (Wildman–Crippen LogP) is 4.11. The molecule has 1 amide bonds. The van der Waals surface area contributed by atoms with E-state index < -0.39 is 0 Å². The first-order valence-electron chi connectivity index (χ1n) is 10.9. The zero-order valence-corrected chi connectivity index (χ0v) is 19.1. The number of pyridine rings is 1. The maximum absolute atomic E-state index is 13.2. The highest BCUT2D eigenvalue weighted by molar-refractivity contribution is 7.18. The highest BCUT2D eigenvalue weighted by Gasteiger charge is 2.23. The monoisotopic (exact) mass is 474 g/mol. The van der Waals surface area contributed by atoms with Gasteiger partial charge in [-0.3, -0.25) is 24.8 Å². The molecule has 172 valence electrons. The second kappa shape index (κ2) is 10.1. The van der Waals surface area contributed by atoms with E-state index in [9.17, 15) is 9.59 Å². The van der Waals surface area contributed by atoms with Crippen molar-refractivity contribution in [3.05, 3.63) is 88.8 Å². The number of furan rings is 1. The molecule has 1 aliphatic rings. The summed E-state index contributed by atoms with van der Waals surface area (Å²) in [5, 5.41) is 3.15. The molecule has 34 heavy (non-hydrogen) atoms. The number of anilines is 1. The first-order valence-corrected chi connectivity index (χ1v) is 11.7. The van der Waals surface area contributed by atoms with E-state index in [0.29, 0.717) is 52.3 Å². The summed E-state index contributed by atoms with van der Waals surface area (Å²) in [7, 11) is 0. The zero-order valence-electron chi connectivity index (χ0n) is 18.3. The Hall–Kier alpha value is -3.66. The number of hydrogen-bond acceptors (Lipinski definition) is 8. The minimum atomic E-state index is -0.316. The number of carbonyl (C=O) groups excluding carboxylic acids is 2. The zero-order chi connectivity index (χ0) is 23.3. The lowest BCUT2D eigenvalue weighted by atomic mass is 10.1. The molecule has 4 aromatic rings. The number of nitrogens with zero attached hydrogens (tertiary/aromatic N) is 3. The maximum Gasteiger partial charge on any atom is 0.257 e. The van der Waals surface area contributed by atoms with E-state index in [2.05, 4.69) is 20.2 Å². The van der Waals surface area contributed by atoms with Gasteiger partial charge < -0.3 is 9.15 Å². The Balaban J connectivity index is 1.38. The molecule has 0 unspecified atom stereocenters. The van der Waals surface area contributed by atoms with Gasteiger partial charge in [0.1, 0.15) is 10.6 Å². The topological polar surface area (TPSA) is 97.6 Å². The molecule has 3 aromatic heterocycles. The number of hydrogen-bond donors (Lipinski definition) is 1. The molecule has 8 nitrogen and oxygen atoms in total. The van der Waals surface area contributed by atoms with E-state index in [0.717, 1.165) is 30.1 Å². The Morgan fingerprint density at radius 3 is 2.62 bits per heavy atom. The molecule has 0 atom stereocenters. The van der Waals surface area contributed by atoms with Gasteiger partial charge in [0, 0.05) is 37.0 Å². The number of carbonyl (C=O) groups is 2. The molecule has 4 heterocycles. The van der Waals surface area contributed by atoms with E-state index in [1.54, 1.807) is 42.6 Å². The number of nitrogens with one attached hydrogen (secondary N) is 1. The SMILES string of the molecule is O=C(Nc1nc(-c2ccco2)c(C(=O)c2ccccc2)s1)c1ccnc(CN2CCOCC2)c1. The molecule has 0 bridgehead atoms. The number of ketones is 1. The average Bonchev–Trinajstić information content (AvgIpc) is 3.55. The van der Waals surface area contributed by atoms with Gasteiger partial charge in [-0.05, 0) is 24.3 Å². The van der Waals surface area contributed by atoms with Crippen LogP contribution in [0, 0.1) is 0 Å². The molecule has 1 aliphatic heterocycles. The van der Waals surface area contributed by atoms with Crippen LogP contribution in [-0.4, -0.2) is 52.9 Å². The number of amides is 1. The van der Waals surface area contributed by atoms with Crippen LogP contribution >= 0.6 is 11.3 Å². The molecular weight excluding hydrogens is 452 g/mol. The minimum Gasteiger partial charge on any atom is -0.463 e. The van der Waals surface area contributed by atoms with E-state index in [1.165, 1.54) is 6.26 Å². The van der Waals surface area contributed by atoms with Crippen molar-refractivity contribution in [2.45, 2.75) is 6.54 Å². The van der Waals surface area contributed by atoms with Crippen molar-refractivity contribution in [3.8, 4) is 11.5 Å². The smallest absolute Gasteiger partial charge is 0.257 e. The summed E-state index contributed by atoms with van der Waals surface area (Å²) >= 11 is 1.13. The van der Waals surface area contributed by atoms with Gasteiger partial charge in [-0.1, -0.05) is 41.7 Å². The molecule has 1 saturated heterocycles. The molecule has 0 spiro atoms. The second-order valence-corrected chi connectivity index (χ2v) is 8.75. The standard InChI is InChI=1S/C25H22N4O4S/c30-22(17-5-2-1-3-6-17)23-21(20-7-4-12-33-20)27-25(34-23)28-24(31)18-8-9-26-19(15-18)16-29-10-13-32-14-11-29/h1-9,12,15H,10-11,13-14,16H2,(H,27,28,31). The van der Waals surface area contributed by atoms with Gasteiger partial charge in [-0.15, -0.1) is 0 Å². The number of ether oxygens (including phenoxy) is 1. The van der Waals surface area contributed by atoms with Gasteiger partial charge in [0.05, 0.1) is 25.2 Å². The molecule has 1 aromatic carbocycles. The van der Waals surface area contributed by atoms with E-state index >= 15 is 0 Å². The fourth-order valence-corrected chi connectivity index (χ4v) is 4.62. The van der Waals surface area contributed by atoms with Crippen LogP contribution in [0.5, 0.6) is 0 Å². The summed E-state index contributed by atoms with van der Waals surface area (Å²) in [6, 6.07) is 15.9. The van der Waals surface area contributed by atoms with Gasteiger partial charge in [0.2, 0.25) is 5.78 Å². The van der Waals surface area contributed by atoms with E-state index in [4.69, 9.17) is 9.15 Å². The summed E-state index contributed by atoms with van der Waals surface area (Å²) in [6.07, 6.45) is 3.15. The summed E-state index contributed by atoms with van der Waals surface area (Å²) in [5.74, 6) is -0.0291. The highest BCUT2D eigenvalue weighted by Crippen LogP contribution is 2.33. The van der Waals surface area contributed by atoms with Crippen molar-refractivity contribution < 1.29 is 18.7 Å².